The number of likely N-dealkylation sites (tertiary alicyclic amines) is 1. The summed E-state index contributed by atoms with van der Waals surface area (Å²) in [5, 5.41) is 6.26. The molecule has 2 N–H and O–H groups in total. The molecule has 1 aliphatic rings. The molecule has 20 heavy (non-hydrogen) atoms. The van der Waals surface area contributed by atoms with E-state index in [1.807, 2.05) is 20.8 Å². The average Bonchev–Trinajstić information content (AvgIpc) is 2.85. The first-order valence-electron chi connectivity index (χ1n) is 7.72. The quantitative estimate of drug-likeness (QED) is 0.783. The molecule has 5 heteroatoms. The molecule has 118 valence electrons. The maximum Gasteiger partial charge on any atom is 0.407 e. The molecule has 0 spiro atoms. The van der Waals surface area contributed by atoms with Crippen molar-refractivity contribution in [2.45, 2.75) is 65.1 Å². The van der Waals surface area contributed by atoms with E-state index in [1.165, 1.54) is 25.9 Å². The fourth-order valence-corrected chi connectivity index (χ4v) is 2.31. The Balaban J connectivity index is 2.13. The predicted octanol–water partition coefficient (Wildman–Crippen LogP) is 1.97. The van der Waals surface area contributed by atoms with Crippen molar-refractivity contribution in [2.24, 2.45) is 0 Å². The van der Waals surface area contributed by atoms with Crippen molar-refractivity contribution in [1.29, 1.82) is 0 Å². The third-order valence-corrected chi connectivity index (χ3v) is 3.48. The molecule has 1 aliphatic heterocycles. The smallest absolute Gasteiger partial charge is 0.407 e. The van der Waals surface area contributed by atoms with Crippen molar-refractivity contribution < 1.29 is 9.53 Å². The molecule has 1 heterocycles. The van der Waals surface area contributed by atoms with Gasteiger partial charge in [-0.1, -0.05) is 0 Å². The number of nitrogens with one attached hydrogen (secondary N) is 2. The summed E-state index contributed by atoms with van der Waals surface area (Å²) in [5.41, 5.74) is -0.439. The number of carbonyl (C=O) groups is 1. The topological polar surface area (TPSA) is 53.6 Å². The van der Waals surface area contributed by atoms with Gasteiger partial charge in [-0.15, -0.1) is 0 Å². The summed E-state index contributed by atoms with van der Waals surface area (Å²) in [7, 11) is 0. The van der Waals surface area contributed by atoms with E-state index in [9.17, 15) is 4.79 Å². The zero-order chi connectivity index (χ0) is 15.2. The summed E-state index contributed by atoms with van der Waals surface area (Å²) in [6.07, 6.45) is 2.29. The van der Waals surface area contributed by atoms with Crippen LogP contribution in [0.1, 0.15) is 47.5 Å². The number of hydrogen-bond donors (Lipinski definition) is 2. The largest absolute Gasteiger partial charge is 0.444 e. The highest BCUT2D eigenvalue weighted by molar-refractivity contribution is 5.67. The van der Waals surface area contributed by atoms with Crippen LogP contribution in [0.4, 0.5) is 4.79 Å². The standard InChI is InChI=1S/C15H31N3O2/c1-12(10-17-14(19)20-15(3,4)5)16-11-13(2)18-8-6-7-9-18/h12-13,16H,6-11H2,1-5H3,(H,17,19). The van der Waals surface area contributed by atoms with Gasteiger partial charge < -0.3 is 15.4 Å². The van der Waals surface area contributed by atoms with Crippen LogP contribution in [-0.2, 0) is 4.74 Å². The third kappa shape index (κ3) is 7.10. The number of amides is 1. The van der Waals surface area contributed by atoms with Crippen LogP contribution in [0.25, 0.3) is 0 Å². The molecule has 1 amide bonds. The Morgan fingerprint density at radius 2 is 1.80 bits per heavy atom. The van der Waals surface area contributed by atoms with E-state index < -0.39 is 5.60 Å². The van der Waals surface area contributed by atoms with Gasteiger partial charge in [-0.05, 0) is 60.5 Å². The molecule has 0 radical (unpaired) electrons. The molecular weight excluding hydrogens is 254 g/mol. The van der Waals surface area contributed by atoms with Crippen molar-refractivity contribution in [1.82, 2.24) is 15.5 Å². The summed E-state index contributed by atoms with van der Waals surface area (Å²) >= 11 is 0. The lowest BCUT2D eigenvalue weighted by molar-refractivity contribution is 0.0523. The van der Waals surface area contributed by atoms with Crippen molar-refractivity contribution in [3.05, 3.63) is 0 Å². The van der Waals surface area contributed by atoms with Crippen LogP contribution >= 0.6 is 0 Å². The molecule has 1 rings (SSSR count). The number of carbonyl (C=O) groups excluding carboxylic acids is 1. The number of alkyl carbamates (subject to hydrolysis) is 1. The van der Waals surface area contributed by atoms with E-state index in [4.69, 9.17) is 4.74 Å². The van der Waals surface area contributed by atoms with Gasteiger partial charge in [-0.2, -0.15) is 0 Å². The Bertz CT molecular complexity index is 296. The Morgan fingerprint density at radius 1 is 1.20 bits per heavy atom. The minimum Gasteiger partial charge on any atom is -0.444 e. The number of rotatable bonds is 6. The summed E-state index contributed by atoms with van der Waals surface area (Å²) in [6, 6.07) is 0.800. The molecule has 2 atom stereocenters. The molecule has 1 fully saturated rings. The van der Waals surface area contributed by atoms with Gasteiger partial charge >= 0.3 is 6.09 Å². The second-order valence-electron chi connectivity index (χ2n) is 6.78. The van der Waals surface area contributed by atoms with Crippen LogP contribution in [0.3, 0.4) is 0 Å². The van der Waals surface area contributed by atoms with Crippen LogP contribution < -0.4 is 10.6 Å². The van der Waals surface area contributed by atoms with Crippen molar-refractivity contribution in [3.8, 4) is 0 Å². The molecule has 5 nitrogen and oxygen atoms in total. The van der Waals surface area contributed by atoms with Crippen molar-refractivity contribution in [2.75, 3.05) is 26.2 Å². The third-order valence-electron chi connectivity index (χ3n) is 3.48. The molecule has 0 bridgehead atoms. The average molecular weight is 285 g/mol. The van der Waals surface area contributed by atoms with Gasteiger partial charge in [0.25, 0.3) is 0 Å². The van der Waals surface area contributed by atoms with Gasteiger partial charge in [0, 0.05) is 25.2 Å². The molecule has 0 aromatic rings. The van der Waals surface area contributed by atoms with E-state index in [1.54, 1.807) is 0 Å². The van der Waals surface area contributed by atoms with Gasteiger partial charge in [0.2, 0.25) is 0 Å². The second-order valence-corrected chi connectivity index (χ2v) is 6.78. The van der Waals surface area contributed by atoms with E-state index >= 15 is 0 Å². The van der Waals surface area contributed by atoms with Gasteiger partial charge in [-0.3, -0.25) is 4.90 Å². The highest BCUT2D eigenvalue weighted by Gasteiger charge is 2.19. The van der Waals surface area contributed by atoms with Gasteiger partial charge in [0.1, 0.15) is 5.60 Å². The first kappa shape index (κ1) is 17.2. The zero-order valence-electron chi connectivity index (χ0n) is 13.7. The second kappa shape index (κ2) is 7.84. The summed E-state index contributed by atoms with van der Waals surface area (Å²) in [6.45, 7) is 13.9. The minimum atomic E-state index is -0.439. The number of hydrogen-bond acceptors (Lipinski definition) is 4. The predicted molar refractivity (Wildman–Crippen MR) is 82.0 cm³/mol. The Hall–Kier alpha value is -0.810. The van der Waals surface area contributed by atoms with Crippen molar-refractivity contribution in [3.63, 3.8) is 0 Å². The molecular formula is C15H31N3O2. The van der Waals surface area contributed by atoms with Crippen LogP contribution in [-0.4, -0.2) is 54.9 Å². The lowest BCUT2D eigenvalue weighted by atomic mass is 10.2. The monoisotopic (exact) mass is 285 g/mol. The maximum absolute atomic E-state index is 11.5. The Labute approximate surface area is 123 Å². The highest BCUT2D eigenvalue weighted by Crippen LogP contribution is 2.10. The molecule has 2 unspecified atom stereocenters. The van der Waals surface area contributed by atoms with Crippen LogP contribution in [0.2, 0.25) is 0 Å². The normalized spacial score (nSPS) is 19.6. The number of nitrogens with zero attached hydrogens (tertiary/aromatic N) is 1. The van der Waals surface area contributed by atoms with E-state index in [0.717, 1.165) is 6.54 Å². The lowest BCUT2D eigenvalue weighted by Gasteiger charge is -2.26. The lowest BCUT2D eigenvalue weighted by Crippen LogP contribution is -2.46. The molecule has 0 aromatic heterocycles. The first-order valence-corrected chi connectivity index (χ1v) is 7.72. The Morgan fingerprint density at radius 3 is 2.35 bits per heavy atom. The van der Waals surface area contributed by atoms with E-state index in [2.05, 4.69) is 29.4 Å². The highest BCUT2D eigenvalue weighted by atomic mass is 16.6. The maximum atomic E-state index is 11.5. The van der Waals surface area contributed by atoms with E-state index in [-0.39, 0.29) is 12.1 Å². The van der Waals surface area contributed by atoms with Crippen molar-refractivity contribution >= 4 is 6.09 Å². The first-order chi connectivity index (χ1) is 9.28. The fraction of sp³-hybridized carbons (Fsp3) is 0.933. The van der Waals surface area contributed by atoms with Gasteiger partial charge in [0.05, 0.1) is 0 Å². The van der Waals surface area contributed by atoms with Crippen LogP contribution in [0, 0.1) is 0 Å². The molecule has 1 saturated heterocycles. The van der Waals surface area contributed by atoms with Gasteiger partial charge in [-0.25, -0.2) is 4.79 Å². The summed E-state index contributed by atoms with van der Waals surface area (Å²) < 4.78 is 5.21. The zero-order valence-corrected chi connectivity index (χ0v) is 13.7. The molecule has 0 saturated carbocycles. The van der Waals surface area contributed by atoms with Crippen LogP contribution in [0.5, 0.6) is 0 Å². The van der Waals surface area contributed by atoms with Gasteiger partial charge in [0.15, 0.2) is 0 Å². The van der Waals surface area contributed by atoms with E-state index in [0.29, 0.717) is 12.6 Å². The molecule has 0 aromatic carbocycles. The molecule has 0 aliphatic carbocycles. The Kier molecular flexibility index (Phi) is 6.76. The number of ether oxygens (including phenoxy) is 1. The summed E-state index contributed by atoms with van der Waals surface area (Å²) in [5.74, 6) is 0. The fourth-order valence-electron chi connectivity index (χ4n) is 2.31. The minimum absolute atomic E-state index is 0.243. The van der Waals surface area contributed by atoms with Crippen LogP contribution in [0.15, 0.2) is 0 Å². The SMILES string of the molecule is CC(CNC(=O)OC(C)(C)C)NCC(C)N1CCCC1. The summed E-state index contributed by atoms with van der Waals surface area (Å²) in [4.78, 5) is 14.1.